The number of ether oxygens (including phenoxy) is 1. The van der Waals surface area contributed by atoms with Crippen LogP contribution in [0.3, 0.4) is 0 Å². The number of amides is 2. The fraction of sp³-hybridized carbons (Fsp3) is 0.619. The molecule has 1 aromatic carbocycles. The molecule has 2 rings (SSSR count). The maximum atomic E-state index is 12.6. The second kappa shape index (κ2) is 9.60. The Labute approximate surface area is 157 Å². The molecular weight excluding hydrogens is 328 g/mol. The number of rotatable bonds is 10. The van der Waals surface area contributed by atoms with E-state index < -0.39 is 0 Å². The summed E-state index contributed by atoms with van der Waals surface area (Å²) in [6.07, 6.45) is 3.36. The van der Waals surface area contributed by atoms with Gasteiger partial charge in [0.2, 0.25) is 5.91 Å². The molecule has 1 fully saturated rings. The normalized spacial score (nSPS) is 14.8. The van der Waals surface area contributed by atoms with Gasteiger partial charge in [-0.3, -0.25) is 9.59 Å². The van der Waals surface area contributed by atoms with E-state index in [9.17, 15) is 9.59 Å². The maximum absolute atomic E-state index is 12.6. The molecule has 2 amide bonds. The van der Waals surface area contributed by atoms with Crippen LogP contribution in [0.15, 0.2) is 24.3 Å². The van der Waals surface area contributed by atoms with Crippen molar-refractivity contribution in [1.82, 2.24) is 10.2 Å². The third-order valence-electron chi connectivity index (χ3n) is 4.92. The van der Waals surface area contributed by atoms with Gasteiger partial charge in [0, 0.05) is 25.0 Å². The molecule has 1 aliphatic rings. The second-order valence-corrected chi connectivity index (χ2v) is 7.31. The predicted molar refractivity (Wildman–Crippen MR) is 103 cm³/mol. The highest BCUT2D eigenvalue weighted by Crippen LogP contribution is 2.31. The molecule has 0 heterocycles. The summed E-state index contributed by atoms with van der Waals surface area (Å²) in [5.74, 6) is 1.09. The molecular formula is C21H32N2O3. The summed E-state index contributed by atoms with van der Waals surface area (Å²) in [5, 5.41) is 2.90. The lowest BCUT2D eigenvalue weighted by molar-refractivity contribution is -0.134. The Kier molecular flexibility index (Phi) is 7.49. The van der Waals surface area contributed by atoms with Crippen LogP contribution in [-0.2, 0) is 4.79 Å². The van der Waals surface area contributed by atoms with Crippen molar-refractivity contribution >= 4 is 11.8 Å². The number of nitrogens with zero attached hydrogens (tertiary/aromatic N) is 1. The highest BCUT2D eigenvalue weighted by Gasteiger charge is 2.36. The highest BCUT2D eigenvalue weighted by atomic mass is 16.5. The molecule has 5 heteroatoms. The second-order valence-electron chi connectivity index (χ2n) is 7.31. The predicted octanol–water partition coefficient (Wildman–Crippen LogP) is 3.63. The lowest BCUT2D eigenvalue weighted by atomic mass is 10.0. The Balaban J connectivity index is 1.81. The van der Waals surface area contributed by atoms with Crippen LogP contribution in [0.25, 0.3) is 0 Å². The zero-order valence-corrected chi connectivity index (χ0v) is 16.5. The third kappa shape index (κ3) is 5.48. The van der Waals surface area contributed by atoms with Crippen LogP contribution < -0.4 is 10.1 Å². The monoisotopic (exact) mass is 360 g/mol. The zero-order valence-electron chi connectivity index (χ0n) is 16.5. The molecule has 0 spiro atoms. The molecule has 1 N–H and O–H groups in total. The molecule has 144 valence electrons. The van der Waals surface area contributed by atoms with Crippen molar-refractivity contribution in [3.8, 4) is 5.75 Å². The third-order valence-corrected chi connectivity index (χ3v) is 4.92. The number of benzene rings is 1. The van der Waals surface area contributed by atoms with E-state index in [2.05, 4.69) is 31.0 Å². The quantitative estimate of drug-likeness (QED) is 0.648. The van der Waals surface area contributed by atoms with Crippen LogP contribution in [0, 0.1) is 5.92 Å². The van der Waals surface area contributed by atoms with Gasteiger partial charge in [0.25, 0.3) is 5.91 Å². The van der Waals surface area contributed by atoms with Crippen LogP contribution in [-0.4, -0.2) is 41.9 Å². The van der Waals surface area contributed by atoms with Gasteiger partial charge in [-0.2, -0.15) is 0 Å². The van der Waals surface area contributed by atoms with Gasteiger partial charge in [-0.1, -0.05) is 26.0 Å². The van der Waals surface area contributed by atoms with E-state index >= 15 is 0 Å². The SMILES string of the molecule is CCOc1ccccc1C(=O)NCCCC(=O)N(C1CC1)C(C)C(C)C. The molecule has 0 saturated heterocycles. The van der Waals surface area contributed by atoms with Crippen LogP contribution in [0.2, 0.25) is 0 Å². The summed E-state index contributed by atoms with van der Waals surface area (Å²) in [4.78, 5) is 27.0. The fourth-order valence-corrected chi connectivity index (χ4v) is 3.04. The molecule has 0 aliphatic heterocycles. The summed E-state index contributed by atoms with van der Waals surface area (Å²) in [6, 6.07) is 7.91. The molecule has 0 bridgehead atoms. The first-order chi connectivity index (χ1) is 12.5. The van der Waals surface area contributed by atoms with Gasteiger partial charge >= 0.3 is 0 Å². The Hall–Kier alpha value is -2.04. The van der Waals surface area contributed by atoms with E-state index in [0.29, 0.717) is 49.3 Å². The summed E-state index contributed by atoms with van der Waals surface area (Å²) in [6.45, 7) is 9.34. The lowest BCUT2D eigenvalue weighted by Crippen LogP contribution is -2.43. The molecule has 1 saturated carbocycles. The van der Waals surface area contributed by atoms with Gasteiger partial charge in [-0.05, 0) is 51.2 Å². The summed E-state index contributed by atoms with van der Waals surface area (Å²) in [7, 11) is 0. The van der Waals surface area contributed by atoms with Crippen LogP contribution in [0.5, 0.6) is 5.75 Å². The Morgan fingerprint density at radius 3 is 2.54 bits per heavy atom. The molecule has 1 unspecified atom stereocenters. The minimum atomic E-state index is -0.156. The summed E-state index contributed by atoms with van der Waals surface area (Å²) >= 11 is 0. The van der Waals surface area contributed by atoms with Crippen molar-refractivity contribution in [2.45, 2.75) is 65.5 Å². The molecule has 26 heavy (non-hydrogen) atoms. The smallest absolute Gasteiger partial charge is 0.255 e. The van der Waals surface area contributed by atoms with Crippen molar-refractivity contribution in [3.05, 3.63) is 29.8 Å². The number of nitrogens with one attached hydrogen (secondary N) is 1. The number of carbonyl (C=O) groups excluding carboxylic acids is 2. The maximum Gasteiger partial charge on any atom is 0.255 e. The number of para-hydroxylation sites is 1. The first-order valence-electron chi connectivity index (χ1n) is 9.76. The van der Waals surface area contributed by atoms with Gasteiger partial charge in [-0.25, -0.2) is 0 Å². The van der Waals surface area contributed by atoms with Gasteiger partial charge in [0.05, 0.1) is 12.2 Å². The lowest BCUT2D eigenvalue weighted by Gasteiger charge is -2.32. The average molecular weight is 360 g/mol. The zero-order chi connectivity index (χ0) is 19.1. The van der Waals surface area contributed by atoms with Crippen molar-refractivity contribution in [1.29, 1.82) is 0 Å². The van der Waals surface area contributed by atoms with E-state index in [1.54, 1.807) is 12.1 Å². The highest BCUT2D eigenvalue weighted by molar-refractivity contribution is 5.96. The summed E-state index contributed by atoms with van der Waals surface area (Å²) in [5.41, 5.74) is 0.536. The van der Waals surface area contributed by atoms with Gasteiger partial charge in [0.15, 0.2) is 0 Å². The molecule has 0 radical (unpaired) electrons. The van der Waals surface area contributed by atoms with Crippen molar-refractivity contribution < 1.29 is 14.3 Å². The average Bonchev–Trinajstić information content (AvgIpc) is 3.44. The number of carbonyl (C=O) groups is 2. The van der Waals surface area contributed by atoms with Crippen LogP contribution in [0.4, 0.5) is 0 Å². The fourth-order valence-electron chi connectivity index (χ4n) is 3.04. The first kappa shape index (κ1) is 20.3. The van der Waals surface area contributed by atoms with Gasteiger partial charge < -0.3 is 15.0 Å². The number of hydrogen-bond donors (Lipinski definition) is 1. The van der Waals surface area contributed by atoms with Gasteiger partial charge in [-0.15, -0.1) is 0 Å². The van der Waals surface area contributed by atoms with E-state index in [4.69, 9.17) is 4.74 Å². The van der Waals surface area contributed by atoms with Crippen LogP contribution >= 0.6 is 0 Å². The largest absolute Gasteiger partial charge is 0.493 e. The topological polar surface area (TPSA) is 58.6 Å². The first-order valence-corrected chi connectivity index (χ1v) is 9.76. The molecule has 0 aromatic heterocycles. The van der Waals surface area contributed by atoms with E-state index in [-0.39, 0.29) is 17.9 Å². The minimum absolute atomic E-state index is 0.156. The Bertz CT molecular complexity index is 611. The van der Waals surface area contributed by atoms with Crippen molar-refractivity contribution in [2.75, 3.05) is 13.2 Å². The minimum Gasteiger partial charge on any atom is -0.493 e. The van der Waals surface area contributed by atoms with E-state index in [1.165, 1.54) is 0 Å². The van der Waals surface area contributed by atoms with Gasteiger partial charge in [0.1, 0.15) is 5.75 Å². The molecule has 1 aliphatic carbocycles. The Morgan fingerprint density at radius 2 is 1.92 bits per heavy atom. The standard InChI is InChI=1S/C21H32N2O3/c1-5-26-19-10-7-6-9-18(19)21(25)22-14-8-11-20(24)23(17-12-13-17)16(4)15(2)3/h6-7,9-10,15-17H,5,8,11-14H2,1-4H3,(H,22,25). The van der Waals surface area contributed by atoms with Crippen molar-refractivity contribution in [3.63, 3.8) is 0 Å². The molecule has 1 aromatic rings. The number of hydrogen-bond acceptors (Lipinski definition) is 3. The molecule has 5 nitrogen and oxygen atoms in total. The van der Waals surface area contributed by atoms with Crippen molar-refractivity contribution in [2.24, 2.45) is 5.92 Å². The summed E-state index contributed by atoms with van der Waals surface area (Å²) < 4.78 is 5.49. The van der Waals surface area contributed by atoms with E-state index in [1.807, 2.05) is 19.1 Å². The van der Waals surface area contributed by atoms with E-state index in [0.717, 1.165) is 12.8 Å². The Morgan fingerprint density at radius 1 is 1.23 bits per heavy atom. The van der Waals surface area contributed by atoms with Crippen LogP contribution in [0.1, 0.15) is 63.7 Å². The molecule has 1 atom stereocenters.